The van der Waals surface area contributed by atoms with Crippen LogP contribution in [0.1, 0.15) is 88.2 Å². The normalized spacial score (nSPS) is 38.5. The van der Waals surface area contributed by atoms with Crippen molar-refractivity contribution in [3.63, 3.8) is 0 Å². The number of anilines is 3. The molecule has 1 aromatic heterocycles. The smallest absolute Gasteiger partial charge is 0.0542 e. The summed E-state index contributed by atoms with van der Waals surface area (Å²) >= 11 is 0. The average molecular weight is 703 g/mol. The van der Waals surface area contributed by atoms with Crippen LogP contribution in [0.4, 0.5) is 17.1 Å². The van der Waals surface area contributed by atoms with Crippen LogP contribution in [-0.2, 0) is 10.8 Å². The third-order valence-corrected chi connectivity index (χ3v) is 18.4. The molecule has 8 saturated carbocycles. The largest absolute Gasteiger partial charge is 0.310 e. The second-order valence-corrected chi connectivity index (χ2v) is 20.2. The molecule has 8 aliphatic rings. The van der Waals surface area contributed by atoms with Gasteiger partial charge in [-0.15, -0.1) is 0 Å². The van der Waals surface area contributed by atoms with Crippen molar-refractivity contribution in [1.29, 1.82) is 0 Å². The second kappa shape index (κ2) is 9.92. The number of benzene rings is 5. The topological polar surface area (TPSA) is 8.17 Å². The van der Waals surface area contributed by atoms with Crippen LogP contribution in [0.3, 0.4) is 0 Å². The Balaban J connectivity index is 0.901. The fourth-order valence-corrected chi connectivity index (χ4v) is 17.1. The van der Waals surface area contributed by atoms with E-state index in [-0.39, 0.29) is 0 Å². The highest BCUT2D eigenvalue weighted by Crippen LogP contribution is 2.82. The Morgan fingerprint density at radius 1 is 0.426 bits per heavy atom. The third kappa shape index (κ3) is 3.45. The van der Waals surface area contributed by atoms with Crippen molar-refractivity contribution in [2.75, 3.05) is 4.90 Å². The van der Waals surface area contributed by atoms with Crippen LogP contribution < -0.4 is 4.90 Å². The highest BCUT2D eigenvalue weighted by atomic mass is 15.1. The van der Waals surface area contributed by atoms with Gasteiger partial charge in [0.2, 0.25) is 0 Å². The highest BCUT2D eigenvalue weighted by Gasteiger charge is 2.75. The number of hydrogen-bond acceptors (Lipinski definition) is 1. The molecular weight excluding hydrogens is 653 g/mol. The van der Waals surface area contributed by atoms with E-state index in [2.05, 4.69) is 131 Å². The number of hydrogen-bond donors (Lipinski definition) is 0. The van der Waals surface area contributed by atoms with Gasteiger partial charge in [0, 0.05) is 44.4 Å². The number of aromatic nitrogens is 1. The predicted octanol–water partition coefficient (Wildman–Crippen LogP) is 13.2. The molecular formula is C52H50N2. The van der Waals surface area contributed by atoms with Gasteiger partial charge in [0.1, 0.15) is 0 Å². The first kappa shape index (κ1) is 30.0. The van der Waals surface area contributed by atoms with Crippen molar-refractivity contribution in [2.24, 2.45) is 46.3 Å². The lowest BCUT2D eigenvalue weighted by Gasteiger charge is -2.59. The van der Waals surface area contributed by atoms with Crippen molar-refractivity contribution in [1.82, 2.24) is 4.57 Å². The van der Waals surface area contributed by atoms with E-state index in [9.17, 15) is 0 Å². The summed E-state index contributed by atoms with van der Waals surface area (Å²) in [6.07, 6.45) is 17.9. The van der Waals surface area contributed by atoms with E-state index < -0.39 is 0 Å². The van der Waals surface area contributed by atoms with Gasteiger partial charge in [-0.2, -0.15) is 0 Å². The van der Waals surface area contributed by atoms with Gasteiger partial charge in [-0.05, 0) is 195 Å². The van der Waals surface area contributed by atoms with Crippen LogP contribution in [0.5, 0.6) is 0 Å². The number of nitrogens with zero attached hydrogens (tertiary/aromatic N) is 2. The zero-order valence-corrected chi connectivity index (χ0v) is 31.4. The Labute approximate surface area is 319 Å². The van der Waals surface area contributed by atoms with Crippen molar-refractivity contribution in [3.8, 4) is 5.69 Å². The van der Waals surface area contributed by atoms with E-state index >= 15 is 0 Å². The van der Waals surface area contributed by atoms with Gasteiger partial charge in [-0.25, -0.2) is 0 Å². The first-order chi connectivity index (χ1) is 26.5. The first-order valence-corrected chi connectivity index (χ1v) is 21.6. The maximum absolute atomic E-state index is 2.57. The van der Waals surface area contributed by atoms with Crippen molar-refractivity contribution in [3.05, 3.63) is 132 Å². The van der Waals surface area contributed by atoms with Gasteiger partial charge < -0.3 is 9.47 Å². The summed E-state index contributed by atoms with van der Waals surface area (Å²) in [5.41, 5.74) is 12.9. The fraction of sp³-hybridized carbons (Fsp3) is 0.423. The molecule has 2 nitrogen and oxygen atoms in total. The zero-order valence-electron chi connectivity index (χ0n) is 31.4. The van der Waals surface area contributed by atoms with Gasteiger partial charge in [0.25, 0.3) is 0 Å². The zero-order chi connectivity index (χ0) is 35.0. The fourth-order valence-electron chi connectivity index (χ4n) is 17.1. The number of para-hydroxylation sites is 2. The summed E-state index contributed by atoms with van der Waals surface area (Å²) in [4.78, 5) is 2.57. The van der Waals surface area contributed by atoms with Crippen LogP contribution in [0.25, 0.3) is 27.5 Å². The lowest BCUT2D eigenvalue weighted by Crippen LogP contribution is -2.55. The molecule has 268 valence electrons. The summed E-state index contributed by atoms with van der Waals surface area (Å²) in [5.74, 6) is 5.96. The number of fused-ring (bicyclic) bond motifs is 7. The maximum Gasteiger partial charge on any atom is 0.0542 e. The molecule has 10 atom stereocenters. The molecule has 54 heavy (non-hydrogen) atoms. The van der Waals surface area contributed by atoms with Crippen molar-refractivity contribution >= 4 is 38.9 Å². The van der Waals surface area contributed by atoms with E-state index in [1.54, 1.807) is 11.1 Å². The molecule has 0 N–H and O–H groups in total. The van der Waals surface area contributed by atoms with Crippen LogP contribution in [0.15, 0.2) is 121 Å². The molecule has 1 heterocycles. The molecule has 0 radical (unpaired) electrons. The Kier molecular flexibility index (Phi) is 5.51. The number of rotatable bonds is 6. The monoisotopic (exact) mass is 702 g/mol. The second-order valence-electron chi connectivity index (χ2n) is 20.2. The standard InChI is InChI=1S/C52H50N2/c1-2-6-41(7-3-1)54-47-9-5-4-8-45(47)46-24-44(18-19-48(46)54)53(42-14-10-37(11-15-42)51-29-35-20-33-22-39(31-51)49(51,25-33)27-35)43-16-12-38(13-17-43)52-30-36-21-34-23-40(32-52)50(52,26-34)28-36/h1-19,24,33-36,39-40H,20-23,25-32H2. The average Bonchev–Trinajstić information content (AvgIpc) is 3.83. The van der Waals surface area contributed by atoms with Crippen LogP contribution >= 0.6 is 0 Å². The highest BCUT2D eigenvalue weighted by molar-refractivity contribution is 6.10. The lowest BCUT2D eigenvalue weighted by molar-refractivity contribution is -0.0355. The summed E-state index contributed by atoms with van der Waals surface area (Å²) in [5, 5.41) is 2.62. The third-order valence-electron chi connectivity index (χ3n) is 18.4. The van der Waals surface area contributed by atoms with Gasteiger partial charge in [0.15, 0.2) is 0 Å². The minimum atomic E-state index is 0.439. The van der Waals surface area contributed by atoms with E-state index in [1.165, 1.54) is 122 Å². The predicted molar refractivity (Wildman–Crippen MR) is 220 cm³/mol. The minimum Gasteiger partial charge on any atom is -0.310 e. The SMILES string of the molecule is c1ccc(-n2c3ccccc3c3cc(N(c4ccc(C56CC7CC8CC(C5)C6(C8)C7)cc4)c4ccc(C56CC7CC8CC(C5)C6(C8)C7)cc4)ccc32)cc1. The maximum atomic E-state index is 2.57. The van der Waals surface area contributed by atoms with Crippen molar-refractivity contribution in [2.45, 2.75) is 87.9 Å². The molecule has 6 bridgehead atoms. The molecule has 2 spiro atoms. The van der Waals surface area contributed by atoms with Crippen LogP contribution in [-0.4, -0.2) is 4.57 Å². The Bertz CT molecular complexity index is 2420. The summed E-state index contributed by atoms with van der Waals surface area (Å²) in [6, 6.07) is 47.3. The van der Waals surface area contributed by atoms with E-state index in [1.807, 2.05) is 0 Å². The molecule has 2 heteroatoms. The van der Waals surface area contributed by atoms with Gasteiger partial charge in [-0.1, -0.05) is 60.7 Å². The molecule has 8 aliphatic carbocycles. The Hall–Kier alpha value is -4.30. The van der Waals surface area contributed by atoms with Gasteiger partial charge in [0.05, 0.1) is 11.0 Å². The Morgan fingerprint density at radius 2 is 0.944 bits per heavy atom. The molecule has 14 rings (SSSR count). The lowest BCUT2D eigenvalue weighted by atomic mass is 9.44. The minimum absolute atomic E-state index is 0.439. The summed E-state index contributed by atoms with van der Waals surface area (Å²) in [7, 11) is 0. The molecule has 6 aromatic rings. The molecule has 0 saturated heterocycles. The van der Waals surface area contributed by atoms with Crippen molar-refractivity contribution < 1.29 is 0 Å². The molecule has 8 fully saturated rings. The molecule has 0 amide bonds. The summed E-state index contributed by atoms with van der Waals surface area (Å²) in [6.45, 7) is 0. The van der Waals surface area contributed by atoms with E-state index in [4.69, 9.17) is 0 Å². The van der Waals surface area contributed by atoms with Crippen LogP contribution in [0.2, 0.25) is 0 Å². The molecule has 10 unspecified atom stereocenters. The van der Waals surface area contributed by atoms with Crippen LogP contribution in [0, 0.1) is 46.3 Å². The molecule has 0 aliphatic heterocycles. The first-order valence-electron chi connectivity index (χ1n) is 21.6. The van der Waals surface area contributed by atoms with Gasteiger partial charge >= 0.3 is 0 Å². The molecule has 5 aromatic carbocycles. The quantitative estimate of drug-likeness (QED) is 0.168. The Morgan fingerprint density at radius 3 is 1.56 bits per heavy atom. The van der Waals surface area contributed by atoms with E-state index in [0.717, 1.165) is 35.5 Å². The van der Waals surface area contributed by atoms with Gasteiger partial charge in [-0.3, -0.25) is 0 Å². The van der Waals surface area contributed by atoms with E-state index in [0.29, 0.717) is 21.7 Å². The summed E-state index contributed by atoms with van der Waals surface area (Å²) < 4.78 is 2.44.